The Morgan fingerprint density at radius 2 is 1.89 bits per heavy atom. The minimum atomic E-state index is 0.305. The van der Waals surface area contributed by atoms with Crippen LogP contribution in [0.25, 0.3) is 5.69 Å². The molecule has 8 nitrogen and oxygen atoms in total. The normalized spacial score (nSPS) is 21.1. The maximum Gasteiger partial charge on any atom is 0.250 e. The van der Waals surface area contributed by atoms with Gasteiger partial charge in [-0.25, -0.2) is 0 Å². The molecule has 1 amide bonds. The van der Waals surface area contributed by atoms with E-state index in [1.165, 1.54) is 6.42 Å². The molecule has 2 saturated heterocycles. The highest BCUT2D eigenvalue weighted by atomic mass is 16.2. The van der Waals surface area contributed by atoms with Crippen molar-refractivity contribution in [2.75, 3.05) is 51.2 Å². The van der Waals surface area contributed by atoms with E-state index in [4.69, 9.17) is 0 Å². The van der Waals surface area contributed by atoms with Crippen LogP contribution in [0.15, 0.2) is 30.3 Å². The first kappa shape index (κ1) is 18.9. The maximum atomic E-state index is 12.6. The number of carbonyl (C=O) groups excluding carboxylic acids is 1. The largest absolute Gasteiger partial charge is 0.340 e. The van der Waals surface area contributed by atoms with Crippen molar-refractivity contribution in [3.8, 4) is 5.69 Å². The lowest BCUT2D eigenvalue weighted by Gasteiger charge is -2.34. The number of nitrogens with zero attached hydrogens (tertiary/aromatic N) is 7. The van der Waals surface area contributed by atoms with Gasteiger partial charge in [0.25, 0.3) is 0 Å². The molecule has 3 heterocycles. The summed E-state index contributed by atoms with van der Waals surface area (Å²) in [6.45, 7) is 5.53. The zero-order valence-corrected chi connectivity index (χ0v) is 16.6. The molecule has 1 aromatic heterocycles. The molecule has 2 fully saturated rings. The summed E-state index contributed by atoms with van der Waals surface area (Å²) in [6.07, 6.45) is 3.86. The molecule has 4 rings (SSSR count). The van der Waals surface area contributed by atoms with Crippen LogP contribution >= 0.6 is 0 Å². The summed E-state index contributed by atoms with van der Waals surface area (Å²) >= 11 is 0. The number of benzene rings is 1. The lowest BCUT2D eigenvalue weighted by molar-refractivity contribution is -0.133. The molecular weight excluding hydrogens is 354 g/mol. The Bertz CT molecular complexity index is 770. The van der Waals surface area contributed by atoms with Crippen LogP contribution in [0, 0.1) is 5.92 Å². The van der Waals surface area contributed by atoms with Crippen molar-refractivity contribution in [2.24, 2.45) is 5.92 Å². The van der Waals surface area contributed by atoms with Crippen molar-refractivity contribution in [1.82, 2.24) is 30.0 Å². The van der Waals surface area contributed by atoms with Crippen molar-refractivity contribution >= 4 is 11.9 Å². The maximum absolute atomic E-state index is 12.6. The Labute approximate surface area is 166 Å². The Kier molecular flexibility index (Phi) is 5.85. The van der Waals surface area contributed by atoms with Gasteiger partial charge in [-0.05, 0) is 54.8 Å². The van der Waals surface area contributed by atoms with E-state index in [9.17, 15) is 4.79 Å². The second-order valence-electron chi connectivity index (χ2n) is 7.90. The van der Waals surface area contributed by atoms with Gasteiger partial charge in [-0.1, -0.05) is 23.3 Å². The first-order chi connectivity index (χ1) is 13.7. The number of likely N-dealkylation sites (N-methyl/N-ethyl adjacent to an activating group) is 1. The molecule has 1 atom stereocenters. The van der Waals surface area contributed by atoms with E-state index >= 15 is 0 Å². The minimum absolute atomic E-state index is 0.305. The molecular formula is C20H29N7O. The Hall–Kier alpha value is -2.48. The molecule has 1 aromatic carbocycles. The molecule has 8 heteroatoms. The number of hydrogen-bond donors (Lipinski definition) is 0. The molecule has 150 valence electrons. The lowest BCUT2D eigenvalue weighted by atomic mass is 9.93. The predicted octanol–water partition coefficient (Wildman–Crippen LogP) is 1.43. The third-order valence-electron chi connectivity index (χ3n) is 5.88. The summed E-state index contributed by atoms with van der Waals surface area (Å²) in [5.41, 5.74) is 0.967. The summed E-state index contributed by atoms with van der Waals surface area (Å²) in [4.78, 5) is 19.1. The highest BCUT2D eigenvalue weighted by Crippen LogP contribution is 2.26. The Balaban J connectivity index is 1.34. The highest BCUT2D eigenvalue weighted by Gasteiger charge is 2.26. The second-order valence-corrected chi connectivity index (χ2v) is 7.90. The standard InChI is InChI=1S/C20H29N7O/c1-24-12-14-25(15-13-24)19(28)10-9-17-6-5-11-26(16-17)20-21-22-23-27(20)18-7-3-2-4-8-18/h2-4,7-8,17H,5-6,9-16H2,1H3/t17-/m1/s1. The Morgan fingerprint density at radius 1 is 1.11 bits per heavy atom. The fourth-order valence-electron chi connectivity index (χ4n) is 4.14. The van der Waals surface area contributed by atoms with Gasteiger partial charge in [-0.2, -0.15) is 4.68 Å². The summed E-state index contributed by atoms with van der Waals surface area (Å²) in [5.74, 6) is 1.60. The SMILES string of the molecule is CN1CCN(C(=O)CC[C@H]2CCCN(c3nnnn3-c3ccccc3)C2)CC1. The van der Waals surface area contributed by atoms with Crippen LogP contribution in [0.4, 0.5) is 5.95 Å². The number of aromatic nitrogens is 4. The number of tetrazole rings is 1. The average Bonchev–Trinajstić information content (AvgIpc) is 3.23. The summed E-state index contributed by atoms with van der Waals surface area (Å²) in [6, 6.07) is 9.99. The van der Waals surface area contributed by atoms with Gasteiger partial charge < -0.3 is 14.7 Å². The van der Waals surface area contributed by atoms with Crippen LogP contribution in [-0.2, 0) is 4.79 Å². The number of rotatable bonds is 5. The molecule has 0 saturated carbocycles. The van der Waals surface area contributed by atoms with Crippen molar-refractivity contribution < 1.29 is 4.79 Å². The van der Waals surface area contributed by atoms with Crippen LogP contribution < -0.4 is 4.90 Å². The number of piperazine rings is 1. The van der Waals surface area contributed by atoms with E-state index < -0.39 is 0 Å². The number of carbonyl (C=O) groups is 1. The van der Waals surface area contributed by atoms with Gasteiger partial charge >= 0.3 is 0 Å². The zero-order chi connectivity index (χ0) is 19.3. The lowest BCUT2D eigenvalue weighted by Crippen LogP contribution is -2.47. The van der Waals surface area contributed by atoms with Crippen LogP contribution in [0.1, 0.15) is 25.7 Å². The van der Waals surface area contributed by atoms with E-state index in [-0.39, 0.29) is 0 Å². The summed E-state index contributed by atoms with van der Waals surface area (Å²) in [7, 11) is 2.11. The first-order valence-corrected chi connectivity index (χ1v) is 10.3. The van der Waals surface area contributed by atoms with Gasteiger partial charge in [0.2, 0.25) is 11.9 Å². The number of anilines is 1. The van der Waals surface area contributed by atoms with E-state index in [0.29, 0.717) is 18.2 Å². The molecule has 28 heavy (non-hydrogen) atoms. The van der Waals surface area contributed by atoms with Crippen molar-refractivity contribution in [1.29, 1.82) is 0 Å². The van der Waals surface area contributed by atoms with Crippen LogP contribution in [0.2, 0.25) is 0 Å². The summed E-state index contributed by atoms with van der Waals surface area (Å²) < 4.78 is 1.80. The fourth-order valence-corrected chi connectivity index (χ4v) is 4.14. The topological polar surface area (TPSA) is 70.4 Å². The van der Waals surface area contributed by atoms with Gasteiger partial charge in [-0.3, -0.25) is 4.79 Å². The summed E-state index contributed by atoms with van der Waals surface area (Å²) in [5, 5.41) is 12.3. The Morgan fingerprint density at radius 3 is 2.68 bits per heavy atom. The second kappa shape index (κ2) is 8.68. The smallest absolute Gasteiger partial charge is 0.250 e. The van der Waals surface area contributed by atoms with E-state index in [1.807, 2.05) is 35.2 Å². The van der Waals surface area contributed by atoms with Crippen LogP contribution in [0.3, 0.4) is 0 Å². The van der Waals surface area contributed by atoms with E-state index in [1.54, 1.807) is 4.68 Å². The molecule has 0 bridgehead atoms. The molecule has 2 aliphatic rings. The van der Waals surface area contributed by atoms with E-state index in [2.05, 4.69) is 32.4 Å². The minimum Gasteiger partial charge on any atom is -0.340 e. The number of piperidine rings is 1. The zero-order valence-electron chi connectivity index (χ0n) is 16.6. The van der Waals surface area contributed by atoms with Gasteiger partial charge in [0.05, 0.1) is 5.69 Å². The highest BCUT2D eigenvalue weighted by molar-refractivity contribution is 5.76. The average molecular weight is 384 g/mol. The molecule has 0 radical (unpaired) electrons. The van der Waals surface area contributed by atoms with Crippen molar-refractivity contribution in [3.05, 3.63) is 30.3 Å². The van der Waals surface area contributed by atoms with Gasteiger partial charge in [-0.15, -0.1) is 0 Å². The molecule has 0 spiro atoms. The van der Waals surface area contributed by atoms with Crippen LogP contribution in [0.5, 0.6) is 0 Å². The first-order valence-electron chi connectivity index (χ1n) is 10.3. The van der Waals surface area contributed by atoms with Crippen molar-refractivity contribution in [3.63, 3.8) is 0 Å². The van der Waals surface area contributed by atoms with E-state index in [0.717, 1.165) is 63.7 Å². The third-order valence-corrected chi connectivity index (χ3v) is 5.88. The third kappa shape index (κ3) is 4.32. The molecule has 2 aromatic rings. The molecule has 0 aliphatic carbocycles. The van der Waals surface area contributed by atoms with Gasteiger partial charge in [0, 0.05) is 45.7 Å². The quantitative estimate of drug-likeness (QED) is 0.778. The van der Waals surface area contributed by atoms with Crippen molar-refractivity contribution in [2.45, 2.75) is 25.7 Å². The fraction of sp³-hybridized carbons (Fsp3) is 0.600. The molecule has 0 unspecified atom stereocenters. The molecule has 2 aliphatic heterocycles. The predicted molar refractivity (Wildman–Crippen MR) is 107 cm³/mol. The number of amides is 1. The van der Waals surface area contributed by atoms with Gasteiger partial charge in [0.15, 0.2) is 0 Å². The monoisotopic (exact) mass is 383 g/mol. The van der Waals surface area contributed by atoms with Crippen LogP contribution in [-0.4, -0.2) is 82.2 Å². The number of hydrogen-bond acceptors (Lipinski definition) is 6. The van der Waals surface area contributed by atoms with Gasteiger partial charge in [0.1, 0.15) is 0 Å². The number of para-hydroxylation sites is 1. The molecule has 0 N–H and O–H groups in total.